The van der Waals surface area contributed by atoms with Crippen molar-refractivity contribution >= 4 is 22.0 Å². The van der Waals surface area contributed by atoms with Crippen molar-refractivity contribution in [3.05, 3.63) is 34.9 Å². The second-order valence-electron chi connectivity index (χ2n) is 7.54. The van der Waals surface area contributed by atoms with E-state index in [1.165, 1.54) is 0 Å². The Labute approximate surface area is 149 Å². The fourth-order valence-corrected chi connectivity index (χ4v) is 5.03. The van der Waals surface area contributed by atoms with Crippen LogP contribution in [0.5, 0.6) is 0 Å². The lowest BCUT2D eigenvalue weighted by Gasteiger charge is -2.29. The Morgan fingerprint density at radius 3 is 2.56 bits per heavy atom. The molecule has 3 aliphatic rings. The van der Waals surface area contributed by atoms with Crippen LogP contribution in [-0.4, -0.2) is 37.8 Å². The van der Waals surface area contributed by atoms with Crippen molar-refractivity contribution in [1.82, 2.24) is 9.62 Å². The van der Waals surface area contributed by atoms with Gasteiger partial charge < -0.3 is 5.32 Å². The molecule has 25 heavy (non-hydrogen) atoms. The average Bonchev–Trinajstić information content (AvgIpc) is 3.29. The van der Waals surface area contributed by atoms with Gasteiger partial charge >= 0.3 is 0 Å². The summed E-state index contributed by atoms with van der Waals surface area (Å²) < 4.78 is 27.4. The van der Waals surface area contributed by atoms with Crippen LogP contribution in [-0.2, 0) is 21.2 Å². The molecule has 6 heteroatoms. The van der Waals surface area contributed by atoms with Gasteiger partial charge in [0.1, 0.15) is 0 Å². The smallest absolute Gasteiger partial charge is 0.247 e. The highest BCUT2D eigenvalue weighted by atomic mass is 32.2. The SMILES string of the molecule is CC1CCN(S(=O)(=O)c2ccc3c(c2)CC(C(=O)NC2CC2)=C3)CC1. The number of piperidine rings is 1. The van der Waals surface area contributed by atoms with Gasteiger partial charge in [0.2, 0.25) is 15.9 Å². The highest BCUT2D eigenvalue weighted by Gasteiger charge is 2.30. The van der Waals surface area contributed by atoms with Crippen LogP contribution in [0.4, 0.5) is 0 Å². The van der Waals surface area contributed by atoms with E-state index in [1.54, 1.807) is 16.4 Å². The lowest BCUT2D eigenvalue weighted by molar-refractivity contribution is -0.117. The standard InChI is InChI=1S/C19H24N2O3S/c1-13-6-8-21(9-7-13)25(23,24)18-5-2-14-10-16(11-15(14)12-18)19(22)20-17-3-4-17/h2,5,10,12-13,17H,3-4,6-9,11H2,1H3,(H,20,22). The molecule has 1 N–H and O–H groups in total. The molecule has 2 aliphatic carbocycles. The van der Waals surface area contributed by atoms with Gasteiger partial charge in [-0.25, -0.2) is 8.42 Å². The second kappa shape index (κ2) is 6.25. The number of rotatable bonds is 4. The minimum absolute atomic E-state index is 0.0203. The molecule has 0 spiro atoms. The van der Waals surface area contributed by atoms with Gasteiger partial charge in [-0.3, -0.25) is 4.79 Å². The van der Waals surface area contributed by atoms with Crippen LogP contribution in [0.3, 0.4) is 0 Å². The highest BCUT2D eigenvalue weighted by Crippen LogP contribution is 2.30. The van der Waals surface area contributed by atoms with Gasteiger partial charge in [0.05, 0.1) is 4.90 Å². The van der Waals surface area contributed by atoms with E-state index in [0.29, 0.717) is 36.4 Å². The molecule has 1 aromatic carbocycles. The van der Waals surface area contributed by atoms with E-state index in [-0.39, 0.29) is 5.91 Å². The lowest BCUT2D eigenvalue weighted by Crippen LogP contribution is -2.37. The number of nitrogens with zero attached hydrogens (tertiary/aromatic N) is 1. The number of carbonyl (C=O) groups is 1. The molecule has 4 rings (SSSR count). The molecule has 1 amide bonds. The number of benzene rings is 1. The molecule has 0 unspecified atom stereocenters. The number of carbonyl (C=O) groups excluding carboxylic acids is 1. The van der Waals surface area contributed by atoms with E-state index in [1.807, 2.05) is 12.1 Å². The van der Waals surface area contributed by atoms with Gasteiger partial charge in [-0.2, -0.15) is 4.31 Å². The van der Waals surface area contributed by atoms with Crippen molar-refractivity contribution in [3.8, 4) is 0 Å². The highest BCUT2D eigenvalue weighted by molar-refractivity contribution is 7.89. The van der Waals surface area contributed by atoms with Crippen LogP contribution in [0.2, 0.25) is 0 Å². The van der Waals surface area contributed by atoms with Gasteiger partial charge in [0.25, 0.3) is 0 Å². The molecule has 1 aromatic rings. The molecule has 134 valence electrons. The number of nitrogens with one attached hydrogen (secondary N) is 1. The van der Waals surface area contributed by atoms with Crippen molar-refractivity contribution in [1.29, 1.82) is 0 Å². The zero-order valence-electron chi connectivity index (χ0n) is 14.5. The molecule has 1 saturated carbocycles. The average molecular weight is 360 g/mol. The number of amides is 1. The first kappa shape index (κ1) is 16.8. The second-order valence-corrected chi connectivity index (χ2v) is 9.48. The van der Waals surface area contributed by atoms with Gasteiger partial charge in [0.15, 0.2) is 0 Å². The Kier molecular flexibility index (Phi) is 4.20. The molecule has 1 heterocycles. The summed E-state index contributed by atoms with van der Waals surface area (Å²) in [4.78, 5) is 12.6. The predicted octanol–water partition coefficient (Wildman–Crippen LogP) is 2.33. The Bertz CT molecular complexity index is 832. The monoisotopic (exact) mass is 360 g/mol. The van der Waals surface area contributed by atoms with Crippen LogP contribution in [0.25, 0.3) is 6.08 Å². The summed E-state index contributed by atoms with van der Waals surface area (Å²) in [7, 11) is -3.44. The van der Waals surface area contributed by atoms with E-state index in [9.17, 15) is 13.2 Å². The maximum absolute atomic E-state index is 12.9. The van der Waals surface area contributed by atoms with Crippen LogP contribution in [0.15, 0.2) is 28.7 Å². The van der Waals surface area contributed by atoms with Crippen LogP contribution >= 0.6 is 0 Å². The van der Waals surface area contributed by atoms with Crippen molar-refractivity contribution in [2.75, 3.05) is 13.1 Å². The van der Waals surface area contributed by atoms with Crippen molar-refractivity contribution in [2.24, 2.45) is 5.92 Å². The molecule has 0 radical (unpaired) electrons. The topological polar surface area (TPSA) is 66.5 Å². The molecule has 0 aromatic heterocycles. The first-order chi connectivity index (χ1) is 11.9. The van der Waals surface area contributed by atoms with Crippen LogP contribution < -0.4 is 5.32 Å². The Hall–Kier alpha value is -1.66. The quantitative estimate of drug-likeness (QED) is 0.896. The summed E-state index contributed by atoms with van der Waals surface area (Å²) in [5.74, 6) is 0.566. The van der Waals surface area contributed by atoms with E-state index in [2.05, 4.69) is 12.2 Å². The summed E-state index contributed by atoms with van der Waals surface area (Å²) in [6, 6.07) is 5.57. The fourth-order valence-electron chi connectivity index (χ4n) is 3.51. The van der Waals surface area contributed by atoms with Crippen molar-refractivity contribution in [3.63, 3.8) is 0 Å². The normalized spacial score (nSPS) is 21.7. The Morgan fingerprint density at radius 2 is 1.88 bits per heavy atom. The van der Waals surface area contributed by atoms with E-state index in [0.717, 1.165) is 42.4 Å². The first-order valence-corrected chi connectivity index (χ1v) is 10.5. The van der Waals surface area contributed by atoms with Gasteiger partial charge in [-0.15, -0.1) is 0 Å². The summed E-state index contributed by atoms with van der Waals surface area (Å²) in [5, 5.41) is 3.00. The van der Waals surface area contributed by atoms with Gasteiger partial charge in [-0.1, -0.05) is 13.0 Å². The third-order valence-corrected chi connectivity index (χ3v) is 7.30. The maximum Gasteiger partial charge on any atom is 0.247 e. The number of hydrogen-bond acceptors (Lipinski definition) is 3. The molecule has 1 saturated heterocycles. The van der Waals surface area contributed by atoms with Crippen molar-refractivity contribution < 1.29 is 13.2 Å². The molecule has 2 fully saturated rings. The number of fused-ring (bicyclic) bond motifs is 1. The molecule has 0 atom stereocenters. The summed E-state index contributed by atoms with van der Waals surface area (Å²) in [6.07, 6.45) is 6.33. The predicted molar refractivity (Wildman–Crippen MR) is 96.4 cm³/mol. The summed E-state index contributed by atoms with van der Waals surface area (Å²) in [6.45, 7) is 3.35. The zero-order chi connectivity index (χ0) is 17.6. The fraction of sp³-hybridized carbons (Fsp3) is 0.526. The summed E-state index contributed by atoms with van der Waals surface area (Å²) >= 11 is 0. The van der Waals surface area contributed by atoms with Crippen LogP contribution in [0, 0.1) is 5.92 Å². The van der Waals surface area contributed by atoms with E-state index in [4.69, 9.17) is 0 Å². The largest absolute Gasteiger partial charge is 0.350 e. The molecule has 5 nitrogen and oxygen atoms in total. The molecule has 1 aliphatic heterocycles. The molecular weight excluding hydrogens is 336 g/mol. The van der Waals surface area contributed by atoms with Gasteiger partial charge in [-0.05, 0) is 60.9 Å². The van der Waals surface area contributed by atoms with Gasteiger partial charge in [0, 0.05) is 31.1 Å². The van der Waals surface area contributed by atoms with E-state index >= 15 is 0 Å². The van der Waals surface area contributed by atoms with Crippen LogP contribution in [0.1, 0.15) is 43.7 Å². The summed E-state index contributed by atoms with van der Waals surface area (Å²) in [5.41, 5.74) is 2.60. The first-order valence-electron chi connectivity index (χ1n) is 9.08. The minimum atomic E-state index is -3.44. The Balaban J connectivity index is 1.51. The lowest BCUT2D eigenvalue weighted by atomic mass is 10.0. The molecule has 0 bridgehead atoms. The third-order valence-electron chi connectivity index (χ3n) is 5.41. The van der Waals surface area contributed by atoms with E-state index < -0.39 is 10.0 Å². The zero-order valence-corrected chi connectivity index (χ0v) is 15.3. The minimum Gasteiger partial charge on any atom is -0.350 e. The number of hydrogen-bond donors (Lipinski definition) is 1. The maximum atomic E-state index is 12.9. The molecular formula is C19H24N2O3S. The third kappa shape index (κ3) is 3.37. The Morgan fingerprint density at radius 1 is 1.16 bits per heavy atom. The number of sulfonamides is 1. The van der Waals surface area contributed by atoms with Crippen molar-refractivity contribution in [2.45, 2.75) is 50.0 Å².